The molecule has 0 aliphatic carbocycles. The smallest absolute Gasteiger partial charge is 0.310 e. The second-order valence-corrected chi connectivity index (χ2v) is 4.49. The molecule has 5 heteroatoms. The maximum absolute atomic E-state index is 11.6. The zero-order valence-electron chi connectivity index (χ0n) is 10.5. The highest BCUT2D eigenvalue weighted by Gasteiger charge is 2.36. The Bertz CT molecular complexity index is 495. The number of ether oxygens (including phenoxy) is 1. The van der Waals surface area contributed by atoms with Crippen LogP contribution < -0.4 is 4.90 Å². The largest absolute Gasteiger partial charge is 0.469 e. The third kappa shape index (κ3) is 2.14. The number of nitrogens with zero attached hydrogens (tertiary/aromatic N) is 3. The zero-order chi connectivity index (χ0) is 13.1. The summed E-state index contributed by atoms with van der Waals surface area (Å²) in [7, 11) is 1.41. The number of aromatic nitrogens is 1. The van der Waals surface area contributed by atoms with Gasteiger partial charge in [0.1, 0.15) is 6.07 Å². The molecule has 94 valence electrons. The van der Waals surface area contributed by atoms with Crippen molar-refractivity contribution in [1.29, 1.82) is 5.26 Å². The SMILES string of the molecule is COC(=O)C1CN(c2cccnc2C#N)CC1C. The first kappa shape index (κ1) is 12.4. The summed E-state index contributed by atoms with van der Waals surface area (Å²) < 4.78 is 4.80. The highest BCUT2D eigenvalue weighted by Crippen LogP contribution is 2.29. The Morgan fingerprint density at radius 1 is 1.61 bits per heavy atom. The fourth-order valence-corrected chi connectivity index (χ4v) is 2.36. The van der Waals surface area contributed by atoms with Crippen molar-refractivity contribution in [2.75, 3.05) is 25.1 Å². The van der Waals surface area contributed by atoms with Gasteiger partial charge in [-0.15, -0.1) is 0 Å². The molecule has 0 saturated carbocycles. The van der Waals surface area contributed by atoms with Gasteiger partial charge in [0.05, 0.1) is 18.7 Å². The van der Waals surface area contributed by atoms with Gasteiger partial charge in [0.15, 0.2) is 5.69 Å². The number of carbonyl (C=O) groups is 1. The van der Waals surface area contributed by atoms with E-state index in [1.165, 1.54) is 7.11 Å². The molecule has 1 saturated heterocycles. The first-order valence-corrected chi connectivity index (χ1v) is 5.85. The van der Waals surface area contributed by atoms with Crippen molar-refractivity contribution in [3.05, 3.63) is 24.0 Å². The van der Waals surface area contributed by atoms with E-state index < -0.39 is 0 Å². The quantitative estimate of drug-likeness (QED) is 0.732. The average Bonchev–Trinajstić information content (AvgIpc) is 2.79. The molecule has 1 aromatic heterocycles. The first-order chi connectivity index (χ1) is 8.67. The Morgan fingerprint density at radius 3 is 3.06 bits per heavy atom. The molecule has 0 amide bonds. The standard InChI is InChI=1S/C13H15N3O2/c1-9-7-16(8-10(9)13(17)18-2)12-4-3-5-15-11(12)6-14/h3-5,9-10H,7-8H2,1-2H3. The van der Waals surface area contributed by atoms with E-state index in [2.05, 4.69) is 11.1 Å². The Balaban J connectivity index is 2.22. The van der Waals surface area contributed by atoms with Crippen LogP contribution >= 0.6 is 0 Å². The predicted octanol–water partition coefficient (Wildman–Crippen LogP) is 1.20. The number of rotatable bonds is 2. The molecule has 18 heavy (non-hydrogen) atoms. The zero-order valence-corrected chi connectivity index (χ0v) is 10.5. The van der Waals surface area contributed by atoms with Gasteiger partial charge in [-0.2, -0.15) is 5.26 Å². The molecule has 0 N–H and O–H groups in total. The van der Waals surface area contributed by atoms with E-state index in [1.807, 2.05) is 17.9 Å². The van der Waals surface area contributed by atoms with E-state index in [-0.39, 0.29) is 17.8 Å². The number of nitriles is 1. The fraction of sp³-hybridized carbons (Fsp3) is 0.462. The number of anilines is 1. The monoisotopic (exact) mass is 245 g/mol. The van der Waals surface area contributed by atoms with Gasteiger partial charge in [0.25, 0.3) is 0 Å². The Hall–Kier alpha value is -2.09. The summed E-state index contributed by atoms with van der Waals surface area (Å²) in [6.07, 6.45) is 1.60. The van der Waals surface area contributed by atoms with Crippen LogP contribution in [0.4, 0.5) is 5.69 Å². The molecule has 1 aliphatic heterocycles. The maximum atomic E-state index is 11.6. The first-order valence-electron chi connectivity index (χ1n) is 5.85. The van der Waals surface area contributed by atoms with Crippen LogP contribution in [0, 0.1) is 23.2 Å². The third-order valence-electron chi connectivity index (χ3n) is 3.35. The summed E-state index contributed by atoms with van der Waals surface area (Å²) in [4.78, 5) is 17.7. The lowest BCUT2D eigenvalue weighted by Crippen LogP contribution is -2.24. The van der Waals surface area contributed by atoms with Crippen LogP contribution in [0.5, 0.6) is 0 Å². The Kier molecular flexibility index (Phi) is 3.47. The molecule has 0 spiro atoms. The van der Waals surface area contributed by atoms with Gasteiger partial charge in [0.2, 0.25) is 0 Å². The van der Waals surface area contributed by atoms with Gasteiger partial charge in [-0.05, 0) is 18.1 Å². The normalized spacial score (nSPS) is 22.6. The van der Waals surface area contributed by atoms with E-state index in [4.69, 9.17) is 10.00 Å². The molecule has 5 nitrogen and oxygen atoms in total. The molecule has 1 aromatic rings. The van der Waals surface area contributed by atoms with Crippen LogP contribution in [0.1, 0.15) is 12.6 Å². The molecular weight excluding hydrogens is 230 g/mol. The van der Waals surface area contributed by atoms with Crippen LogP contribution in [0.2, 0.25) is 0 Å². The predicted molar refractivity (Wildman–Crippen MR) is 65.8 cm³/mol. The van der Waals surface area contributed by atoms with Crippen molar-refractivity contribution >= 4 is 11.7 Å². The van der Waals surface area contributed by atoms with Crippen LogP contribution in [0.15, 0.2) is 18.3 Å². The second kappa shape index (κ2) is 5.05. The fourth-order valence-electron chi connectivity index (χ4n) is 2.36. The van der Waals surface area contributed by atoms with Gasteiger partial charge >= 0.3 is 5.97 Å². The van der Waals surface area contributed by atoms with Crippen molar-refractivity contribution in [3.63, 3.8) is 0 Å². The molecule has 2 rings (SSSR count). The molecule has 2 heterocycles. The lowest BCUT2D eigenvalue weighted by molar-refractivity contribution is -0.145. The van der Waals surface area contributed by atoms with E-state index in [0.717, 1.165) is 12.2 Å². The molecule has 0 bridgehead atoms. The average molecular weight is 245 g/mol. The lowest BCUT2D eigenvalue weighted by atomic mass is 9.99. The van der Waals surface area contributed by atoms with Crippen molar-refractivity contribution < 1.29 is 9.53 Å². The summed E-state index contributed by atoms with van der Waals surface area (Å²) in [6, 6.07) is 5.73. The molecule has 1 fully saturated rings. The highest BCUT2D eigenvalue weighted by molar-refractivity contribution is 5.75. The van der Waals surface area contributed by atoms with Crippen LogP contribution in [0.25, 0.3) is 0 Å². The maximum Gasteiger partial charge on any atom is 0.310 e. The molecular formula is C13H15N3O2. The number of methoxy groups -OCH3 is 1. The number of esters is 1. The van der Waals surface area contributed by atoms with Gasteiger partial charge in [-0.25, -0.2) is 4.98 Å². The number of hydrogen-bond donors (Lipinski definition) is 0. The Labute approximate surface area is 106 Å². The summed E-state index contributed by atoms with van der Waals surface area (Å²) in [5.74, 6) is -0.113. The minimum absolute atomic E-state index is 0.137. The summed E-state index contributed by atoms with van der Waals surface area (Å²) >= 11 is 0. The topological polar surface area (TPSA) is 66.2 Å². The molecule has 2 unspecified atom stereocenters. The Morgan fingerprint density at radius 2 is 2.39 bits per heavy atom. The summed E-state index contributed by atoms with van der Waals surface area (Å²) in [6.45, 7) is 3.33. The highest BCUT2D eigenvalue weighted by atomic mass is 16.5. The summed E-state index contributed by atoms with van der Waals surface area (Å²) in [5.41, 5.74) is 1.19. The van der Waals surface area contributed by atoms with Crippen LogP contribution in [-0.2, 0) is 9.53 Å². The van der Waals surface area contributed by atoms with Gasteiger partial charge in [-0.1, -0.05) is 6.92 Å². The van der Waals surface area contributed by atoms with E-state index in [9.17, 15) is 4.79 Å². The van der Waals surface area contributed by atoms with E-state index in [0.29, 0.717) is 12.2 Å². The number of carbonyl (C=O) groups excluding carboxylic acids is 1. The molecule has 0 aromatic carbocycles. The minimum atomic E-state index is -0.188. The molecule has 0 radical (unpaired) electrons. The van der Waals surface area contributed by atoms with Crippen molar-refractivity contribution in [1.82, 2.24) is 4.98 Å². The second-order valence-electron chi connectivity index (χ2n) is 4.49. The molecule has 2 atom stereocenters. The van der Waals surface area contributed by atoms with E-state index >= 15 is 0 Å². The van der Waals surface area contributed by atoms with E-state index in [1.54, 1.807) is 12.3 Å². The van der Waals surface area contributed by atoms with Crippen LogP contribution in [-0.4, -0.2) is 31.2 Å². The number of hydrogen-bond acceptors (Lipinski definition) is 5. The van der Waals surface area contributed by atoms with Gasteiger partial charge < -0.3 is 9.64 Å². The van der Waals surface area contributed by atoms with Crippen LogP contribution in [0.3, 0.4) is 0 Å². The molecule has 1 aliphatic rings. The van der Waals surface area contributed by atoms with Gasteiger partial charge in [0, 0.05) is 19.3 Å². The summed E-state index contributed by atoms with van der Waals surface area (Å²) in [5, 5.41) is 9.04. The lowest BCUT2D eigenvalue weighted by Gasteiger charge is -2.18. The third-order valence-corrected chi connectivity index (χ3v) is 3.35. The van der Waals surface area contributed by atoms with Crippen molar-refractivity contribution in [2.45, 2.75) is 6.92 Å². The van der Waals surface area contributed by atoms with Gasteiger partial charge in [-0.3, -0.25) is 4.79 Å². The van der Waals surface area contributed by atoms with Crippen molar-refractivity contribution in [3.8, 4) is 6.07 Å². The minimum Gasteiger partial charge on any atom is -0.469 e. The number of pyridine rings is 1. The van der Waals surface area contributed by atoms with Crippen molar-refractivity contribution in [2.24, 2.45) is 11.8 Å².